The third-order valence-electron chi connectivity index (χ3n) is 4.26. The number of hydrogen-bond donors (Lipinski definition) is 0. The summed E-state index contributed by atoms with van der Waals surface area (Å²) in [6.07, 6.45) is 1.65. The lowest BCUT2D eigenvalue weighted by Crippen LogP contribution is -2.46. The Morgan fingerprint density at radius 1 is 1.21 bits per heavy atom. The lowest BCUT2D eigenvalue weighted by molar-refractivity contribution is 0.250. The van der Waals surface area contributed by atoms with Gasteiger partial charge < -0.3 is 4.90 Å². The molecule has 24 heavy (non-hydrogen) atoms. The monoisotopic (exact) mass is 343 g/mol. The molecule has 1 aromatic carbocycles. The molecule has 2 heterocycles. The van der Waals surface area contributed by atoms with Crippen LogP contribution in [0, 0.1) is 11.3 Å². The molecule has 2 aromatic rings. The van der Waals surface area contributed by atoms with E-state index >= 15 is 0 Å². The summed E-state index contributed by atoms with van der Waals surface area (Å²) in [6, 6.07) is 9.80. The van der Waals surface area contributed by atoms with Crippen LogP contribution in [0.15, 0.2) is 35.3 Å². The van der Waals surface area contributed by atoms with Crippen LogP contribution in [0.1, 0.15) is 11.1 Å². The van der Waals surface area contributed by atoms with Crippen LogP contribution in [-0.4, -0.2) is 40.9 Å². The largest absolute Gasteiger partial charge is 0.366 e. The van der Waals surface area contributed by atoms with Crippen molar-refractivity contribution in [2.45, 2.75) is 6.54 Å². The van der Waals surface area contributed by atoms with Gasteiger partial charge in [0.05, 0.1) is 23.5 Å². The van der Waals surface area contributed by atoms with Gasteiger partial charge in [0.2, 0.25) is 0 Å². The Balaban J connectivity index is 1.62. The molecule has 1 aliphatic heterocycles. The van der Waals surface area contributed by atoms with E-state index < -0.39 is 0 Å². The Hall–Kier alpha value is -2.36. The normalized spacial score (nSPS) is 15.3. The van der Waals surface area contributed by atoms with Crippen molar-refractivity contribution in [3.63, 3.8) is 0 Å². The maximum Gasteiger partial charge on any atom is 0.287 e. The first-order chi connectivity index (χ1) is 11.6. The molecule has 0 unspecified atom stereocenters. The topological polar surface area (TPSA) is 65.2 Å². The van der Waals surface area contributed by atoms with Crippen LogP contribution in [0.4, 0.5) is 5.69 Å². The van der Waals surface area contributed by atoms with Gasteiger partial charge in [0.1, 0.15) is 5.02 Å². The molecule has 0 radical (unpaired) electrons. The Labute approximate surface area is 145 Å². The van der Waals surface area contributed by atoms with Crippen molar-refractivity contribution in [1.29, 1.82) is 5.26 Å². The molecule has 1 fully saturated rings. The lowest BCUT2D eigenvalue weighted by atomic mass is 10.1. The minimum absolute atomic E-state index is 0.230. The van der Waals surface area contributed by atoms with Crippen molar-refractivity contribution in [1.82, 2.24) is 14.7 Å². The summed E-state index contributed by atoms with van der Waals surface area (Å²) in [7, 11) is 1.59. The molecule has 3 rings (SSSR count). The number of anilines is 1. The fourth-order valence-electron chi connectivity index (χ4n) is 2.81. The quantitative estimate of drug-likeness (QED) is 0.847. The number of hydrogen-bond acceptors (Lipinski definition) is 5. The molecule has 0 aliphatic carbocycles. The zero-order chi connectivity index (χ0) is 17.1. The number of nitrogens with zero attached hydrogens (tertiary/aromatic N) is 5. The maximum absolute atomic E-state index is 11.9. The number of nitriles is 1. The Morgan fingerprint density at radius 3 is 2.50 bits per heavy atom. The van der Waals surface area contributed by atoms with E-state index in [1.807, 2.05) is 24.3 Å². The second kappa shape index (κ2) is 7.04. The molecule has 124 valence electrons. The van der Waals surface area contributed by atoms with Gasteiger partial charge in [0.15, 0.2) is 0 Å². The molecule has 1 saturated heterocycles. The summed E-state index contributed by atoms with van der Waals surface area (Å²) in [5.41, 5.74) is 2.30. The van der Waals surface area contributed by atoms with Gasteiger partial charge in [0.25, 0.3) is 5.56 Å². The van der Waals surface area contributed by atoms with E-state index in [1.54, 1.807) is 13.2 Å². The summed E-state index contributed by atoms with van der Waals surface area (Å²) in [5.74, 6) is 0. The highest BCUT2D eigenvalue weighted by Gasteiger charge is 2.20. The van der Waals surface area contributed by atoms with E-state index in [1.165, 1.54) is 10.2 Å². The van der Waals surface area contributed by atoms with Gasteiger partial charge in [-0.3, -0.25) is 9.69 Å². The second-order valence-corrected chi connectivity index (χ2v) is 6.22. The van der Waals surface area contributed by atoms with E-state index in [-0.39, 0.29) is 10.6 Å². The van der Waals surface area contributed by atoms with Crippen molar-refractivity contribution >= 4 is 17.3 Å². The predicted octanol–water partition coefficient (Wildman–Crippen LogP) is 1.63. The molecule has 1 aliphatic rings. The first-order valence-corrected chi connectivity index (χ1v) is 8.14. The molecule has 0 amide bonds. The number of aryl methyl sites for hydroxylation is 1. The number of piperazine rings is 1. The van der Waals surface area contributed by atoms with Gasteiger partial charge in [-0.2, -0.15) is 10.4 Å². The first-order valence-electron chi connectivity index (χ1n) is 7.76. The molecule has 6 nitrogen and oxygen atoms in total. The van der Waals surface area contributed by atoms with Crippen LogP contribution in [0.2, 0.25) is 5.02 Å². The van der Waals surface area contributed by atoms with Crippen molar-refractivity contribution in [2.75, 3.05) is 31.1 Å². The molecular weight excluding hydrogens is 326 g/mol. The van der Waals surface area contributed by atoms with Crippen molar-refractivity contribution in [2.24, 2.45) is 7.05 Å². The van der Waals surface area contributed by atoms with Crippen LogP contribution in [0.5, 0.6) is 0 Å². The minimum atomic E-state index is -0.269. The van der Waals surface area contributed by atoms with Gasteiger partial charge >= 0.3 is 0 Å². The summed E-state index contributed by atoms with van der Waals surface area (Å²) < 4.78 is 1.24. The SMILES string of the molecule is Cn1ncc(N2CCN(Cc3ccc(C#N)cc3)CC2)c(Cl)c1=O. The lowest BCUT2D eigenvalue weighted by Gasteiger charge is -2.36. The first kappa shape index (κ1) is 16.5. The smallest absolute Gasteiger partial charge is 0.287 e. The number of rotatable bonds is 3. The van der Waals surface area contributed by atoms with Crippen molar-refractivity contribution < 1.29 is 0 Å². The highest BCUT2D eigenvalue weighted by molar-refractivity contribution is 6.33. The average Bonchev–Trinajstić information content (AvgIpc) is 2.61. The zero-order valence-electron chi connectivity index (χ0n) is 13.4. The number of benzene rings is 1. The standard InChI is InChI=1S/C17H18ClN5O/c1-21-17(24)16(18)15(11-20-21)23-8-6-22(7-9-23)12-14-4-2-13(10-19)3-5-14/h2-5,11H,6-9,12H2,1H3. The molecule has 0 bridgehead atoms. The van der Waals surface area contributed by atoms with Gasteiger partial charge in [0, 0.05) is 39.8 Å². The van der Waals surface area contributed by atoms with Gasteiger partial charge in [-0.1, -0.05) is 23.7 Å². The van der Waals surface area contributed by atoms with E-state index in [4.69, 9.17) is 16.9 Å². The van der Waals surface area contributed by atoms with Crippen LogP contribution in [0.3, 0.4) is 0 Å². The second-order valence-electron chi connectivity index (χ2n) is 5.84. The summed E-state index contributed by atoms with van der Waals surface area (Å²) in [5, 5.41) is 13.1. The average molecular weight is 344 g/mol. The van der Waals surface area contributed by atoms with Crippen molar-refractivity contribution in [3.8, 4) is 6.07 Å². The molecule has 7 heteroatoms. The third kappa shape index (κ3) is 3.42. The summed E-state index contributed by atoms with van der Waals surface area (Å²) in [4.78, 5) is 16.3. The Kier molecular flexibility index (Phi) is 4.84. The van der Waals surface area contributed by atoms with Crippen LogP contribution in [-0.2, 0) is 13.6 Å². The van der Waals surface area contributed by atoms with Gasteiger partial charge in [-0.15, -0.1) is 0 Å². The molecule has 0 saturated carbocycles. The molecule has 0 atom stereocenters. The Bertz CT molecular complexity index is 816. The highest BCUT2D eigenvalue weighted by Crippen LogP contribution is 2.22. The molecular formula is C17H18ClN5O. The number of aromatic nitrogens is 2. The molecule has 1 aromatic heterocycles. The fourth-order valence-corrected chi connectivity index (χ4v) is 3.10. The third-order valence-corrected chi connectivity index (χ3v) is 4.62. The summed E-state index contributed by atoms with van der Waals surface area (Å²) >= 11 is 6.17. The van der Waals surface area contributed by atoms with Gasteiger partial charge in [-0.25, -0.2) is 4.68 Å². The van der Waals surface area contributed by atoms with E-state index in [0.717, 1.165) is 32.7 Å². The number of halogens is 1. The summed E-state index contributed by atoms with van der Waals surface area (Å²) in [6.45, 7) is 4.20. The molecule has 0 spiro atoms. The maximum atomic E-state index is 11.9. The fraction of sp³-hybridized carbons (Fsp3) is 0.353. The molecule has 0 N–H and O–H groups in total. The van der Waals surface area contributed by atoms with Crippen LogP contribution < -0.4 is 10.5 Å². The van der Waals surface area contributed by atoms with E-state index in [2.05, 4.69) is 21.0 Å². The van der Waals surface area contributed by atoms with Crippen molar-refractivity contribution in [3.05, 3.63) is 57.0 Å². The van der Waals surface area contributed by atoms with Crippen LogP contribution in [0.25, 0.3) is 0 Å². The van der Waals surface area contributed by atoms with E-state index in [9.17, 15) is 4.79 Å². The Morgan fingerprint density at radius 2 is 1.88 bits per heavy atom. The zero-order valence-corrected chi connectivity index (χ0v) is 14.2. The van der Waals surface area contributed by atoms with Gasteiger partial charge in [-0.05, 0) is 17.7 Å². The predicted molar refractivity (Wildman–Crippen MR) is 93.1 cm³/mol. The minimum Gasteiger partial charge on any atom is -0.366 e. The highest BCUT2D eigenvalue weighted by atomic mass is 35.5. The van der Waals surface area contributed by atoms with Crippen LogP contribution >= 0.6 is 11.6 Å². The van der Waals surface area contributed by atoms with E-state index in [0.29, 0.717) is 11.3 Å².